The van der Waals surface area contributed by atoms with Crippen molar-refractivity contribution in [2.75, 3.05) is 13.2 Å². The summed E-state index contributed by atoms with van der Waals surface area (Å²) < 4.78 is 32.6. The molecule has 114 valence electrons. The topological polar surface area (TPSA) is 75.6 Å². The molecule has 0 aliphatic carbocycles. The summed E-state index contributed by atoms with van der Waals surface area (Å²) in [5.74, 6) is 0.673. The van der Waals surface area contributed by atoms with Crippen LogP contribution >= 0.6 is 0 Å². The van der Waals surface area contributed by atoms with Crippen molar-refractivity contribution < 1.29 is 18.3 Å². The van der Waals surface area contributed by atoms with Crippen LogP contribution in [0.5, 0.6) is 5.75 Å². The Hall–Kier alpha value is -1.11. The van der Waals surface area contributed by atoms with Gasteiger partial charge in [0.25, 0.3) is 0 Å². The molecule has 0 heterocycles. The van der Waals surface area contributed by atoms with E-state index in [2.05, 4.69) is 4.72 Å². The normalized spacial score (nSPS) is 14.8. The van der Waals surface area contributed by atoms with Crippen LogP contribution in [0.25, 0.3) is 0 Å². The predicted molar refractivity (Wildman–Crippen MR) is 78.5 cm³/mol. The minimum absolute atomic E-state index is 0.173. The predicted octanol–water partition coefficient (Wildman–Crippen LogP) is 1.83. The highest BCUT2D eigenvalue weighted by Crippen LogP contribution is 2.23. The first-order chi connectivity index (χ1) is 9.28. The second-order valence-electron chi connectivity index (χ2n) is 5.04. The molecule has 1 rings (SSSR count). The third-order valence-electron chi connectivity index (χ3n) is 3.27. The van der Waals surface area contributed by atoms with Gasteiger partial charge in [0, 0.05) is 0 Å². The summed E-state index contributed by atoms with van der Waals surface area (Å²) in [6.07, 6.45) is 0.499. The van der Waals surface area contributed by atoms with Gasteiger partial charge in [0.05, 0.1) is 23.6 Å². The van der Waals surface area contributed by atoms with E-state index in [4.69, 9.17) is 4.74 Å². The molecule has 0 bridgehead atoms. The van der Waals surface area contributed by atoms with Crippen LogP contribution in [0.3, 0.4) is 0 Å². The van der Waals surface area contributed by atoms with Gasteiger partial charge < -0.3 is 9.84 Å². The number of aliphatic hydroxyl groups excluding tert-OH is 1. The van der Waals surface area contributed by atoms with E-state index in [1.165, 1.54) is 6.07 Å². The van der Waals surface area contributed by atoms with Gasteiger partial charge in [-0.25, -0.2) is 13.1 Å². The summed E-state index contributed by atoms with van der Waals surface area (Å²) in [4.78, 5) is 0.173. The largest absolute Gasteiger partial charge is 0.494 e. The number of sulfonamides is 1. The number of aryl methyl sites for hydroxylation is 1. The molecule has 1 aromatic carbocycles. The second-order valence-corrected chi connectivity index (χ2v) is 6.72. The maximum absolute atomic E-state index is 12.3. The van der Waals surface area contributed by atoms with Crippen LogP contribution < -0.4 is 9.46 Å². The average Bonchev–Trinajstić information content (AvgIpc) is 2.40. The fraction of sp³-hybridized carbons (Fsp3) is 0.571. The Balaban J connectivity index is 3.07. The SMILES string of the molecule is CCOc1ccc(S(=O)(=O)NC(C)(CC)CO)cc1C. The summed E-state index contributed by atoms with van der Waals surface area (Å²) in [5, 5.41) is 9.32. The highest BCUT2D eigenvalue weighted by Gasteiger charge is 2.28. The van der Waals surface area contributed by atoms with Crippen molar-refractivity contribution in [3.05, 3.63) is 23.8 Å². The number of rotatable bonds is 7. The molecule has 20 heavy (non-hydrogen) atoms. The Morgan fingerprint density at radius 1 is 1.35 bits per heavy atom. The molecular weight excluding hydrogens is 278 g/mol. The monoisotopic (exact) mass is 301 g/mol. The van der Waals surface area contributed by atoms with Crippen LogP contribution in [-0.4, -0.2) is 32.3 Å². The second kappa shape index (κ2) is 6.56. The lowest BCUT2D eigenvalue weighted by Gasteiger charge is -2.26. The van der Waals surface area contributed by atoms with Gasteiger partial charge in [-0.15, -0.1) is 0 Å². The maximum Gasteiger partial charge on any atom is 0.241 e. The number of hydrogen-bond acceptors (Lipinski definition) is 4. The number of ether oxygens (including phenoxy) is 1. The van der Waals surface area contributed by atoms with E-state index in [1.807, 2.05) is 13.8 Å². The van der Waals surface area contributed by atoms with E-state index in [0.29, 0.717) is 18.8 Å². The lowest BCUT2D eigenvalue weighted by atomic mass is 10.0. The highest BCUT2D eigenvalue weighted by atomic mass is 32.2. The summed E-state index contributed by atoms with van der Waals surface area (Å²) in [6, 6.07) is 4.73. The minimum Gasteiger partial charge on any atom is -0.494 e. The summed E-state index contributed by atoms with van der Waals surface area (Å²) in [5.41, 5.74) is -0.0948. The Bertz CT molecular complexity index is 550. The van der Waals surface area contributed by atoms with Crippen molar-refractivity contribution in [1.82, 2.24) is 4.72 Å². The summed E-state index contributed by atoms with van der Waals surface area (Å²) in [6.45, 7) is 7.45. The standard InChI is InChI=1S/C14H23NO4S/c1-5-14(4,10-16)15-20(17,18)12-7-8-13(19-6-2)11(3)9-12/h7-9,15-16H,5-6,10H2,1-4H3. The summed E-state index contributed by atoms with van der Waals surface area (Å²) in [7, 11) is -3.66. The molecule has 0 saturated heterocycles. The van der Waals surface area contributed by atoms with Crippen molar-refractivity contribution in [3.8, 4) is 5.75 Å². The van der Waals surface area contributed by atoms with Crippen LogP contribution in [0.2, 0.25) is 0 Å². The van der Waals surface area contributed by atoms with Crippen molar-refractivity contribution in [3.63, 3.8) is 0 Å². The molecule has 0 amide bonds. The van der Waals surface area contributed by atoms with Gasteiger partial charge in [-0.3, -0.25) is 0 Å². The fourth-order valence-corrected chi connectivity index (χ4v) is 3.26. The summed E-state index contributed by atoms with van der Waals surface area (Å²) >= 11 is 0. The van der Waals surface area contributed by atoms with E-state index in [-0.39, 0.29) is 11.5 Å². The van der Waals surface area contributed by atoms with Crippen LogP contribution in [0.1, 0.15) is 32.8 Å². The molecule has 1 atom stereocenters. The van der Waals surface area contributed by atoms with Crippen LogP contribution in [0.15, 0.2) is 23.1 Å². The first-order valence-electron chi connectivity index (χ1n) is 6.66. The maximum atomic E-state index is 12.3. The fourth-order valence-electron chi connectivity index (χ4n) is 1.71. The first kappa shape index (κ1) is 16.9. The highest BCUT2D eigenvalue weighted by molar-refractivity contribution is 7.89. The Morgan fingerprint density at radius 2 is 2.00 bits per heavy atom. The van der Waals surface area contributed by atoms with E-state index in [1.54, 1.807) is 26.0 Å². The zero-order chi connectivity index (χ0) is 15.4. The van der Waals surface area contributed by atoms with Gasteiger partial charge >= 0.3 is 0 Å². The van der Waals surface area contributed by atoms with E-state index >= 15 is 0 Å². The van der Waals surface area contributed by atoms with Gasteiger partial charge in [-0.2, -0.15) is 0 Å². The zero-order valence-electron chi connectivity index (χ0n) is 12.4. The first-order valence-corrected chi connectivity index (χ1v) is 8.14. The van der Waals surface area contributed by atoms with Crippen LogP contribution in [0.4, 0.5) is 0 Å². The molecule has 1 aromatic rings. The Kier molecular flexibility index (Phi) is 5.56. The van der Waals surface area contributed by atoms with Crippen LogP contribution in [-0.2, 0) is 10.0 Å². The van der Waals surface area contributed by atoms with Gasteiger partial charge in [0.1, 0.15) is 5.75 Å². The molecule has 0 spiro atoms. The molecule has 0 fully saturated rings. The lowest BCUT2D eigenvalue weighted by molar-refractivity contribution is 0.191. The van der Waals surface area contributed by atoms with E-state index in [0.717, 1.165) is 5.56 Å². The van der Waals surface area contributed by atoms with E-state index in [9.17, 15) is 13.5 Å². The third kappa shape index (κ3) is 3.94. The molecule has 0 aliphatic rings. The Labute approximate surface area is 121 Å². The lowest BCUT2D eigenvalue weighted by Crippen LogP contribution is -2.48. The molecule has 2 N–H and O–H groups in total. The molecule has 1 unspecified atom stereocenters. The molecule has 0 radical (unpaired) electrons. The van der Waals surface area contributed by atoms with Gasteiger partial charge in [-0.1, -0.05) is 6.92 Å². The number of nitrogens with one attached hydrogen (secondary N) is 1. The molecule has 5 nitrogen and oxygen atoms in total. The quantitative estimate of drug-likeness (QED) is 0.805. The number of hydrogen-bond donors (Lipinski definition) is 2. The average molecular weight is 301 g/mol. The third-order valence-corrected chi connectivity index (χ3v) is 4.90. The molecule has 0 aromatic heterocycles. The Morgan fingerprint density at radius 3 is 2.45 bits per heavy atom. The number of benzene rings is 1. The van der Waals surface area contributed by atoms with Crippen molar-refractivity contribution >= 4 is 10.0 Å². The van der Waals surface area contributed by atoms with Gasteiger partial charge in [0.15, 0.2) is 0 Å². The number of aliphatic hydroxyl groups is 1. The van der Waals surface area contributed by atoms with Crippen molar-refractivity contribution in [1.29, 1.82) is 0 Å². The zero-order valence-corrected chi connectivity index (χ0v) is 13.3. The smallest absolute Gasteiger partial charge is 0.241 e. The van der Waals surface area contributed by atoms with Gasteiger partial charge in [-0.05, 0) is 51.0 Å². The van der Waals surface area contributed by atoms with Crippen LogP contribution in [0, 0.1) is 6.92 Å². The molecule has 0 saturated carbocycles. The minimum atomic E-state index is -3.66. The molecule has 6 heteroatoms. The molecular formula is C14H23NO4S. The van der Waals surface area contributed by atoms with Crippen molar-refractivity contribution in [2.24, 2.45) is 0 Å². The van der Waals surface area contributed by atoms with E-state index < -0.39 is 15.6 Å². The molecule has 0 aliphatic heterocycles. The van der Waals surface area contributed by atoms with Crippen molar-refractivity contribution in [2.45, 2.75) is 44.6 Å². The van der Waals surface area contributed by atoms with Gasteiger partial charge in [0.2, 0.25) is 10.0 Å².